The van der Waals surface area contributed by atoms with Crippen molar-refractivity contribution in [2.24, 2.45) is 0 Å². The lowest BCUT2D eigenvalue weighted by atomic mass is 10.2. The molecule has 1 radical (unpaired) electrons. The monoisotopic (exact) mass is 165 g/mol. The van der Waals surface area contributed by atoms with Crippen molar-refractivity contribution in [2.75, 3.05) is 0 Å². The Balaban J connectivity index is 2.52. The molecular formula is C8H9N2O2. The van der Waals surface area contributed by atoms with Gasteiger partial charge in [-0.3, -0.25) is 4.98 Å². The number of aliphatic hydroxyl groups excluding tert-OH is 2. The van der Waals surface area contributed by atoms with Crippen LogP contribution in [0.15, 0.2) is 18.5 Å². The predicted octanol–water partition coefficient (Wildman–Crippen LogP) is 0.171. The average Bonchev–Trinajstić information content (AvgIpc) is 2.33. The number of pyridine rings is 1. The molecule has 1 aromatic rings. The summed E-state index contributed by atoms with van der Waals surface area (Å²) in [6.45, 7) is 0. The van der Waals surface area contributed by atoms with Crippen molar-refractivity contribution in [3.05, 3.63) is 36.6 Å². The van der Waals surface area contributed by atoms with Crippen molar-refractivity contribution in [1.82, 2.24) is 9.88 Å². The molecule has 0 aliphatic carbocycles. The lowest BCUT2D eigenvalue weighted by molar-refractivity contribution is -0.0532. The molecule has 1 aliphatic heterocycles. The second-order valence-electron chi connectivity index (χ2n) is 2.77. The van der Waals surface area contributed by atoms with Gasteiger partial charge in [-0.05, 0) is 6.07 Å². The smallest absolute Gasteiger partial charge is 0.137 e. The summed E-state index contributed by atoms with van der Waals surface area (Å²) in [5.74, 6) is 0. The van der Waals surface area contributed by atoms with Gasteiger partial charge in [-0.15, -0.1) is 0 Å². The average molecular weight is 165 g/mol. The highest BCUT2D eigenvalue weighted by Crippen LogP contribution is 2.36. The summed E-state index contributed by atoms with van der Waals surface area (Å²) in [4.78, 5) is 5.08. The van der Waals surface area contributed by atoms with E-state index in [1.807, 2.05) is 0 Å². The quantitative estimate of drug-likeness (QED) is 0.575. The first kappa shape index (κ1) is 7.67. The molecule has 2 atom stereocenters. The summed E-state index contributed by atoms with van der Waals surface area (Å²) >= 11 is 0. The fourth-order valence-electron chi connectivity index (χ4n) is 1.36. The predicted molar refractivity (Wildman–Crippen MR) is 41.4 cm³/mol. The third-order valence-electron chi connectivity index (χ3n) is 2.07. The molecule has 4 heteroatoms. The van der Waals surface area contributed by atoms with Crippen molar-refractivity contribution >= 4 is 0 Å². The molecule has 1 aromatic heterocycles. The van der Waals surface area contributed by atoms with Crippen LogP contribution >= 0.6 is 0 Å². The highest BCUT2D eigenvalue weighted by molar-refractivity contribution is 5.31. The zero-order valence-corrected chi connectivity index (χ0v) is 6.38. The van der Waals surface area contributed by atoms with E-state index in [-0.39, 0.29) is 0 Å². The molecule has 0 spiro atoms. The summed E-state index contributed by atoms with van der Waals surface area (Å²) < 4.78 is 0. The molecule has 2 unspecified atom stereocenters. The minimum Gasteiger partial charge on any atom is -0.374 e. The van der Waals surface area contributed by atoms with Crippen LogP contribution in [0.2, 0.25) is 0 Å². The summed E-state index contributed by atoms with van der Waals surface area (Å²) in [6, 6.07) is 1.68. The van der Waals surface area contributed by atoms with E-state index in [9.17, 15) is 10.2 Å². The highest BCUT2D eigenvalue weighted by Gasteiger charge is 2.33. The van der Waals surface area contributed by atoms with Crippen molar-refractivity contribution in [1.29, 1.82) is 0 Å². The number of rotatable bonds is 0. The number of hydrogen-bond acceptors (Lipinski definition) is 4. The Labute approximate surface area is 70.1 Å². The van der Waals surface area contributed by atoms with E-state index < -0.39 is 12.5 Å². The molecule has 4 nitrogen and oxygen atoms in total. The molecule has 0 amide bonds. The summed E-state index contributed by atoms with van der Waals surface area (Å²) in [5.41, 5.74) is 1.30. The van der Waals surface area contributed by atoms with Crippen LogP contribution in [0.3, 0.4) is 0 Å². The molecule has 0 saturated carbocycles. The van der Waals surface area contributed by atoms with Crippen LogP contribution in [0.5, 0.6) is 0 Å². The Bertz CT molecular complexity index is 274. The number of aromatic nitrogens is 1. The normalized spacial score (nSPS) is 28.9. The van der Waals surface area contributed by atoms with E-state index in [1.54, 1.807) is 12.3 Å². The van der Waals surface area contributed by atoms with Crippen molar-refractivity contribution in [2.45, 2.75) is 12.5 Å². The Hall–Kier alpha value is -0.970. The van der Waals surface area contributed by atoms with Gasteiger partial charge in [-0.25, -0.2) is 4.90 Å². The molecule has 1 aliphatic rings. The van der Waals surface area contributed by atoms with Gasteiger partial charge in [0.15, 0.2) is 0 Å². The van der Waals surface area contributed by atoms with E-state index in [0.29, 0.717) is 11.1 Å². The molecule has 2 rings (SSSR count). The molecule has 0 aromatic carbocycles. The molecule has 2 heterocycles. The van der Waals surface area contributed by atoms with Gasteiger partial charge in [0.05, 0.1) is 0 Å². The minimum absolute atomic E-state index is 0.625. The first-order valence-corrected chi connectivity index (χ1v) is 3.60. The number of nitrogens with zero attached hydrogens (tertiary/aromatic N) is 2. The zero-order chi connectivity index (χ0) is 8.72. The lowest BCUT2D eigenvalue weighted by Gasteiger charge is -2.16. The van der Waals surface area contributed by atoms with Gasteiger partial charge in [0.1, 0.15) is 12.5 Å². The van der Waals surface area contributed by atoms with Crippen LogP contribution in [-0.4, -0.2) is 20.1 Å². The number of fused-ring (bicyclic) bond motifs is 1. The van der Waals surface area contributed by atoms with Gasteiger partial charge in [0, 0.05) is 30.6 Å². The van der Waals surface area contributed by atoms with Crippen molar-refractivity contribution in [3.8, 4) is 0 Å². The van der Waals surface area contributed by atoms with Crippen LogP contribution in [0.4, 0.5) is 0 Å². The maximum Gasteiger partial charge on any atom is 0.137 e. The molecular weight excluding hydrogens is 156 g/mol. The van der Waals surface area contributed by atoms with Gasteiger partial charge < -0.3 is 10.2 Å². The summed E-state index contributed by atoms with van der Waals surface area (Å²) in [6.07, 6.45) is 1.45. The molecule has 0 saturated heterocycles. The minimum atomic E-state index is -0.844. The second-order valence-corrected chi connectivity index (χ2v) is 2.77. The topological polar surface area (TPSA) is 56.6 Å². The molecule has 63 valence electrons. The standard InChI is InChI=1S/C8H9N2O2/c1-10-7(11)5-2-3-9-4-6(5)8(10)12/h2-4,7-8,11-12H,1H2. The number of aliphatic hydroxyl groups is 2. The Morgan fingerprint density at radius 3 is 2.67 bits per heavy atom. The van der Waals surface area contributed by atoms with Gasteiger partial charge in [-0.2, -0.15) is 0 Å². The number of hydrogen-bond donors (Lipinski definition) is 2. The molecule has 2 N–H and O–H groups in total. The molecule has 0 fully saturated rings. The van der Waals surface area contributed by atoms with E-state index >= 15 is 0 Å². The van der Waals surface area contributed by atoms with Gasteiger partial charge >= 0.3 is 0 Å². The van der Waals surface area contributed by atoms with Crippen LogP contribution in [0, 0.1) is 7.05 Å². The third-order valence-corrected chi connectivity index (χ3v) is 2.07. The Morgan fingerprint density at radius 2 is 2.00 bits per heavy atom. The Morgan fingerprint density at radius 1 is 1.33 bits per heavy atom. The van der Waals surface area contributed by atoms with E-state index in [0.717, 1.165) is 0 Å². The summed E-state index contributed by atoms with van der Waals surface area (Å²) in [5, 5.41) is 19.0. The SMILES string of the molecule is [CH2]N1C(O)c2ccncc2C1O. The van der Waals surface area contributed by atoms with E-state index in [2.05, 4.69) is 12.0 Å². The Kier molecular flexibility index (Phi) is 1.61. The highest BCUT2D eigenvalue weighted by atomic mass is 16.3. The summed E-state index contributed by atoms with van der Waals surface area (Å²) in [7, 11) is 3.52. The van der Waals surface area contributed by atoms with Crippen LogP contribution in [-0.2, 0) is 0 Å². The largest absolute Gasteiger partial charge is 0.374 e. The van der Waals surface area contributed by atoms with E-state index in [1.165, 1.54) is 11.1 Å². The van der Waals surface area contributed by atoms with Crippen LogP contribution < -0.4 is 0 Å². The first-order chi connectivity index (χ1) is 5.72. The lowest BCUT2D eigenvalue weighted by Crippen LogP contribution is -2.18. The molecule has 12 heavy (non-hydrogen) atoms. The first-order valence-electron chi connectivity index (χ1n) is 3.60. The van der Waals surface area contributed by atoms with Crippen LogP contribution in [0.25, 0.3) is 0 Å². The van der Waals surface area contributed by atoms with Gasteiger partial charge in [0.25, 0.3) is 0 Å². The maximum atomic E-state index is 9.50. The fourth-order valence-corrected chi connectivity index (χ4v) is 1.36. The van der Waals surface area contributed by atoms with Gasteiger partial charge in [-0.1, -0.05) is 0 Å². The molecule has 0 bridgehead atoms. The van der Waals surface area contributed by atoms with E-state index in [4.69, 9.17) is 0 Å². The zero-order valence-electron chi connectivity index (χ0n) is 6.38. The maximum absolute atomic E-state index is 9.50. The van der Waals surface area contributed by atoms with Crippen molar-refractivity contribution in [3.63, 3.8) is 0 Å². The third kappa shape index (κ3) is 0.859. The van der Waals surface area contributed by atoms with Gasteiger partial charge in [0.2, 0.25) is 0 Å². The van der Waals surface area contributed by atoms with Crippen molar-refractivity contribution < 1.29 is 10.2 Å². The van der Waals surface area contributed by atoms with Crippen LogP contribution in [0.1, 0.15) is 23.6 Å². The fraction of sp³-hybridized carbons (Fsp3) is 0.250. The second kappa shape index (κ2) is 2.52.